The van der Waals surface area contributed by atoms with Crippen LogP contribution in [-0.4, -0.2) is 31.3 Å². The zero-order valence-electron chi connectivity index (χ0n) is 13.8. The Morgan fingerprint density at radius 2 is 2.00 bits per heavy atom. The largest absolute Gasteiger partial charge is 0.490 e. The molecule has 1 heterocycles. The van der Waals surface area contributed by atoms with Crippen LogP contribution < -0.4 is 4.90 Å². The summed E-state index contributed by atoms with van der Waals surface area (Å²) < 4.78 is 5.63. The first-order chi connectivity index (χ1) is 11.2. The third kappa shape index (κ3) is 2.78. The molecule has 1 atom stereocenters. The van der Waals surface area contributed by atoms with Crippen LogP contribution in [0.4, 0.5) is 5.69 Å². The minimum atomic E-state index is -0.653. The summed E-state index contributed by atoms with van der Waals surface area (Å²) in [7, 11) is 0. The number of nitrogens with zero attached hydrogens (tertiary/aromatic N) is 1. The Kier molecular flexibility index (Phi) is 4.51. The number of carbonyl (C=O) groups is 2. The molecular weight excluding hydrogens is 290 g/mol. The number of ketones is 2. The number of fused-ring (bicyclic) bond motifs is 1. The first kappa shape index (κ1) is 15.8. The van der Waals surface area contributed by atoms with E-state index < -0.39 is 5.92 Å². The van der Waals surface area contributed by atoms with Crippen LogP contribution in [-0.2, 0) is 9.53 Å². The molecule has 0 bridgehead atoms. The molecule has 4 heteroatoms. The normalized spacial score (nSPS) is 19.9. The van der Waals surface area contributed by atoms with Gasteiger partial charge in [0.1, 0.15) is 5.92 Å². The zero-order chi connectivity index (χ0) is 16.4. The number of hydrogen-bond donors (Lipinski definition) is 0. The van der Waals surface area contributed by atoms with Gasteiger partial charge in [0, 0.05) is 24.3 Å². The van der Waals surface area contributed by atoms with Gasteiger partial charge in [-0.15, -0.1) is 0 Å². The standard InChI is InChI=1S/C19H23NO3/c1-3-20-12-15(17(21)14-10-5-6-11-16(14)20)18(22)19(23-4-2)13-8-7-9-13/h5-6,10-11,15H,3-4,7-9,12H2,1-2H3. The Hall–Kier alpha value is -2.10. The molecule has 0 saturated heterocycles. The zero-order valence-corrected chi connectivity index (χ0v) is 13.8. The molecule has 1 aliphatic carbocycles. The van der Waals surface area contributed by atoms with E-state index in [9.17, 15) is 9.59 Å². The molecule has 1 saturated carbocycles. The van der Waals surface area contributed by atoms with Gasteiger partial charge < -0.3 is 9.64 Å². The lowest BCUT2D eigenvalue weighted by atomic mass is 9.83. The van der Waals surface area contributed by atoms with Crippen LogP contribution >= 0.6 is 0 Å². The number of Topliss-reactive ketones (excluding diaryl/α,β-unsaturated/α-hetero) is 2. The molecule has 23 heavy (non-hydrogen) atoms. The van der Waals surface area contributed by atoms with E-state index >= 15 is 0 Å². The highest BCUT2D eigenvalue weighted by atomic mass is 16.5. The second-order valence-corrected chi connectivity index (χ2v) is 6.06. The van der Waals surface area contributed by atoms with E-state index in [0.717, 1.165) is 37.1 Å². The highest BCUT2D eigenvalue weighted by Crippen LogP contribution is 2.34. The van der Waals surface area contributed by atoms with Gasteiger partial charge in [-0.2, -0.15) is 0 Å². The van der Waals surface area contributed by atoms with E-state index in [-0.39, 0.29) is 11.6 Å². The Labute approximate surface area is 137 Å². The van der Waals surface area contributed by atoms with Crippen LogP contribution in [0.2, 0.25) is 0 Å². The predicted molar refractivity (Wildman–Crippen MR) is 89.7 cm³/mol. The van der Waals surface area contributed by atoms with Crippen molar-refractivity contribution in [2.24, 2.45) is 5.92 Å². The monoisotopic (exact) mass is 313 g/mol. The van der Waals surface area contributed by atoms with Gasteiger partial charge >= 0.3 is 0 Å². The van der Waals surface area contributed by atoms with E-state index in [0.29, 0.717) is 24.5 Å². The van der Waals surface area contributed by atoms with Crippen molar-refractivity contribution in [1.82, 2.24) is 0 Å². The fourth-order valence-electron chi connectivity index (χ4n) is 3.28. The molecule has 1 unspecified atom stereocenters. The topological polar surface area (TPSA) is 46.6 Å². The summed E-state index contributed by atoms with van der Waals surface area (Å²) >= 11 is 0. The van der Waals surface area contributed by atoms with E-state index in [4.69, 9.17) is 4.74 Å². The van der Waals surface area contributed by atoms with Gasteiger partial charge in [0.2, 0.25) is 5.78 Å². The molecule has 4 nitrogen and oxygen atoms in total. The van der Waals surface area contributed by atoms with Crippen LogP contribution in [0.15, 0.2) is 35.6 Å². The lowest BCUT2D eigenvalue weighted by Crippen LogP contribution is -2.43. The summed E-state index contributed by atoms with van der Waals surface area (Å²) in [5.41, 5.74) is 2.65. The van der Waals surface area contributed by atoms with Gasteiger partial charge in [0.15, 0.2) is 11.5 Å². The average Bonchev–Trinajstić information content (AvgIpc) is 2.53. The minimum absolute atomic E-state index is 0.0765. The number of hydrogen-bond acceptors (Lipinski definition) is 4. The van der Waals surface area contributed by atoms with Gasteiger partial charge in [-0.3, -0.25) is 9.59 Å². The second-order valence-electron chi connectivity index (χ2n) is 6.06. The molecule has 1 aromatic rings. The summed E-state index contributed by atoms with van der Waals surface area (Å²) in [4.78, 5) is 27.9. The van der Waals surface area contributed by atoms with Crippen LogP contribution in [0.3, 0.4) is 0 Å². The second kappa shape index (κ2) is 6.57. The average molecular weight is 313 g/mol. The van der Waals surface area contributed by atoms with Crippen molar-refractivity contribution >= 4 is 17.3 Å². The molecule has 122 valence electrons. The number of benzene rings is 1. The molecule has 0 spiro atoms. The fourth-order valence-corrected chi connectivity index (χ4v) is 3.28. The van der Waals surface area contributed by atoms with Gasteiger partial charge in [0.05, 0.1) is 6.61 Å². The number of ether oxygens (including phenoxy) is 1. The van der Waals surface area contributed by atoms with Gasteiger partial charge in [0.25, 0.3) is 0 Å². The van der Waals surface area contributed by atoms with Crippen molar-refractivity contribution < 1.29 is 14.3 Å². The first-order valence-electron chi connectivity index (χ1n) is 8.44. The van der Waals surface area contributed by atoms with Crippen LogP contribution in [0.1, 0.15) is 43.5 Å². The van der Waals surface area contributed by atoms with Crippen molar-refractivity contribution in [3.63, 3.8) is 0 Å². The van der Waals surface area contributed by atoms with Crippen LogP contribution in [0.5, 0.6) is 0 Å². The van der Waals surface area contributed by atoms with Crippen molar-refractivity contribution in [2.45, 2.75) is 33.1 Å². The van der Waals surface area contributed by atoms with E-state index in [1.54, 1.807) is 0 Å². The minimum Gasteiger partial charge on any atom is -0.490 e. The molecule has 2 aliphatic rings. The highest BCUT2D eigenvalue weighted by Gasteiger charge is 2.39. The number of carbonyl (C=O) groups excluding carboxylic acids is 2. The maximum absolute atomic E-state index is 13.0. The highest BCUT2D eigenvalue weighted by molar-refractivity contribution is 6.18. The predicted octanol–water partition coefficient (Wildman–Crippen LogP) is 3.37. The van der Waals surface area contributed by atoms with Crippen molar-refractivity contribution in [3.05, 3.63) is 41.2 Å². The van der Waals surface area contributed by atoms with Gasteiger partial charge in [-0.25, -0.2) is 0 Å². The van der Waals surface area contributed by atoms with E-state index in [2.05, 4.69) is 4.90 Å². The van der Waals surface area contributed by atoms with E-state index in [1.807, 2.05) is 38.1 Å². The third-order valence-electron chi connectivity index (χ3n) is 4.72. The SMILES string of the molecule is CCOC(C(=O)C1CN(CC)c2ccccc2C1=O)=C1CCC1. The number of rotatable bonds is 5. The van der Waals surface area contributed by atoms with Crippen molar-refractivity contribution in [1.29, 1.82) is 0 Å². The quantitative estimate of drug-likeness (QED) is 0.475. The molecule has 1 aliphatic heterocycles. The van der Waals surface area contributed by atoms with Crippen molar-refractivity contribution in [2.75, 3.05) is 24.6 Å². The van der Waals surface area contributed by atoms with Gasteiger partial charge in [-0.1, -0.05) is 12.1 Å². The summed E-state index contributed by atoms with van der Waals surface area (Å²) in [6, 6.07) is 7.55. The molecule has 0 N–H and O–H groups in total. The Morgan fingerprint density at radius 3 is 2.61 bits per heavy atom. The lowest BCUT2D eigenvalue weighted by Gasteiger charge is -2.34. The molecule has 0 aromatic heterocycles. The summed E-state index contributed by atoms with van der Waals surface area (Å²) in [6.07, 6.45) is 2.92. The summed E-state index contributed by atoms with van der Waals surface area (Å²) in [6.45, 7) is 5.59. The number of allylic oxidation sites excluding steroid dienone is 2. The van der Waals surface area contributed by atoms with Crippen LogP contribution in [0.25, 0.3) is 0 Å². The fraction of sp³-hybridized carbons (Fsp3) is 0.474. The lowest BCUT2D eigenvalue weighted by molar-refractivity contribution is -0.121. The molecular formula is C19H23NO3. The molecule has 0 amide bonds. The molecule has 1 fully saturated rings. The van der Waals surface area contributed by atoms with Gasteiger partial charge in [-0.05, 0) is 50.8 Å². The van der Waals surface area contributed by atoms with E-state index in [1.165, 1.54) is 0 Å². The molecule has 0 radical (unpaired) electrons. The Bertz CT molecular complexity index is 656. The maximum atomic E-state index is 13.0. The molecule has 1 aromatic carbocycles. The van der Waals surface area contributed by atoms with Crippen LogP contribution in [0, 0.1) is 5.92 Å². The first-order valence-corrected chi connectivity index (χ1v) is 8.44. The Balaban J connectivity index is 1.94. The Morgan fingerprint density at radius 1 is 1.26 bits per heavy atom. The number of anilines is 1. The van der Waals surface area contributed by atoms with Crippen molar-refractivity contribution in [3.8, 4) is 0 Å². The maximum Gasteiger partial charge on any atom is 0.209 e. The third-order valence-corrected chi connectivity index (χ3v) is 4.72. The summed E-state index contributed by atoms with van der Waals surface area (Å²) in [5, 5.41) is 0. The number of para-hydroxylation sites is 1. The summed E-state index contributed by atoms with van der Waals surface area (Å²) in [5.74, 6) is -0.418. The smallest absolute Gasteiger partial charge is 0.209 e. The molecule has 3 rings (SSSR count).